The van der Waals surface area contributed by atoms with Gasteiger partial charge in [-0.1, -0.05) is 72.8 Å². The van der Waals surface area contributed by atoms with E-state index in [9.17, 15) is 9.59 Å². The summed E-state index contributed by atoms with van der Waals surface area (Å²) >= 11 is 0. The molecular formula is C28H23N3O3. The fourth-order valence-corrected chi connectivity index (χ4v) is 3.61. The van der Waals surface area contributed by atoms with Gasteiger partial charge in [0.2, 0.25) is 0 Å². The van der Waals surface area contributed by atoms with Crippen LogP contribution in [0.15, 0.2) is 84.9 Å². The quantitative estimate of drug-likeness (QED) is 0.367. The molecule has 4 rings (SSSR count). The summed E-state index contributed by atoms with van der Waals surface area (Å²) in [6.07, 6.45) is 0.220. The predicted molar refractivity (Wildman–Crippen MR) is 131 cm³/mol. The Morgan fingerprint density at radius 3 is 2.29 bits per heavy atom. The molecule has 0 radical (unpaired) electrons. The van der Waals surface area contributed by atoms with Crippen molar-refractivity contribution in [3.8, 4) is 28.5 Å². The average molecular weight is 450 g/mol. The summed E-state index contributed by atoms with van der Waals surface area (Å²) in [5.41, 5.74) is 4.73. The monoisotopic (exact) mass is 449 g/mol. The van der Waals surface area contributed by atoms with Crippen LogP contribution in [0.3, 0.4) is 0 Å². The number of carbonyl (C=O) groups is 2. The van der Waals surface area contributed by atoms with Crippen LogP contribution in [0.25, 0.3) is 33.3 Å². The highest BCUT2D eigenvalue weighted by Gasteiger charge is 2.18. The first-order chi connectivity index (χ1) is 16.6. The van der Waals surface area contributed by atoms with Crippen LogP contribution >= 0.6 is 0 Å². The van der Waals surface area contributed by atoms with Crippen molar-refractivity contribution in [1.29, 1.82) is 5.26 Å². The molecule has 0 bridgehead atoms. The van der Waals surface area contributed by atoms with Gasteiger partial charge in [0.15, 0.2) is 6.61 Å². The van der Waals surface area contributed by atoms with Gasteiger partial charge < -0.3 is 9.64 Å². The van der Waals surface area contributed by atoms with Gasteiger partial charge in [0.05, 0.1) is 29.3 Å². The maximum Gasteiger partial charge on any atom is 0.339 e. The van der Waals surface area contributed by atoms with Crippen molar-refractivity contribution in [2.24, 2.45) is 0 Å². The number of benzene rings is 3. The van der Waals surface area contributed by atoms with Crippen LogP contribution in [-0.2, 0) is 9.53 Å². The molecule has 0 aliphatic rings. The van der Waals surface area contributed by atoms with Crippen LogP contribution in [0.5, 0.6) is 0 Å². The molecule has 1 heterocycles. The van der Waals surface area contributed by atoms with Gasteiger partial charge >= 0.3 is 5.97 Å². The molecule has 0 saturated heterocycles. The van der Waals surface area contributed by atoms with Crippen molar-refractivity contribution in [2.45, 2.75) is 6.42 Å². The lowest BCUT2D eigenvalue weighted by molar-refractivity contribution is -0.133. The molecular weight excluding hydrogens is 426 g/mol. The number of nitriles is 1. The normalized spacial score (nSPS) is 10.5. The van der Waals surface area contributed by atoms with Crippen molar-refractivity contribution in [3.63, 3.8) is 0 Å². The highest BCUT2D eigenvalue weighted by Crippen LogP contribution is 2.28. The third-order valence-corrected chi connectivity index (χ3v) is 5.54. The summed E-state index contributed by atoms with van der Waals surface area (Å²) in [5.74, 6) is -0.957. The van der Waals surface area contributed by atoms with Gasteiger partial charge in [-0.15, -0.1) is 0 Å². The number of ether oxygens (including phenoxy) is 1. The fourth-order valence-electron chi connectivity index (χ4n) is 3.61. The predicted octanol–water partition coefficient (Wildman–Crippen LogP) is 5.10. The number of pyridine rings is 1. The molecule has 3 aromatic carbocycles. The zero-order valence-corrected chi connectivity index (χ0v) is 18.8. The van der Waals surface area contributed by atoms with Gasteiger partial charge in [-0.3, -0.25) is 4.79 Å². The smallest absolute Gasteiger partial charge is 0.339 e. The summed E-state index contributed by atoms with van der Waals surface area (Å²) in [6.45, 7) is -0.104. The van der Waals surface area contributed by atoms with E-state index in [1.165, 1.54) is 4.90 Å². The van der Waals surface area contributed by atoms with Gasteiger partial charge in [0, 0.05) is 24.5 Å². The molecule has 0 fully saturated rings. The second kappa shape index (κ2) is 10.4. The van der Waals surface area contributed by atoms with Crippen LogP contribution in [0.4, 0.5) is 0 Å². The number of esters is 1. The second-order valence-electron chi connectivity index (χ2n) is 7.82. The average Bonchev–Trinajstić information content (AvgIpc) is 2.90. The third kappa shape index (κ3) is 5.11. The lowest BCUT2D eigenvalue weighted by atomic mass is 10.0. The molecule has 4 aromatic rings. The zero-order chi connectivity index (χ0) is 23.9. The molecule has 0 unspecified atom stereocenters. The Hall–Kier alpha value is -4.50. The summed E-state index contributed by atoms with van der Waals surface area (Å²) in [5, 5.41) is 9.33. The van der Waals surface area contributed by atoms with Crippen LogP contribution in [0.1, 0.15) is 16.8 Å². The molecule has 0 aliphatic heterocycles. The molecule has 0 spiro atoms. The van der Waals surface area contributed by atoms with Crippen molar-refractivity contribution in [3.05, 3.63) is 90.5 Å². The summed E-state index contributed by atoms with van der Waals surface area (Å²) in [7, 11) is 1.58. The van der Waals surface area contributed by atoms with Crippen molar-refractivity contribution in [2.75, 3.05) is 20.2 Å². The molecule has 6 nitrogen and oxygen atoms in total. The molecule has 1 amide bonds. The fraction of sp³-hybridized carbons (Fsp3) is 0.143. The number of hydrogen-bond donors (Lipinski definition) is 0. The molecule has 6 heteroatoms. The molecule has 168 valence electrons. The minimum atomic E-state index is -0.595. The Labute approximate surface area is 198 Å². The Balaban J connectivity index is 1.60. The largest absolute Gasteiger partial charge is 0.452 e. The van der Waals surface area contributed by atoms with E-state index < -0.39 is 12.6 Å². The number of nitrogens with zero attached hydrogens (tertiary/aromatic N) is 3. The van der Waals surface area contributed by atoms with Crippen LogP contribution in [0, 0.1) is 11.3 Å². The Morgan fingerprint density at radius 1 is 0.912 bits per heavy atom. The van der Waals surface area contributed by atoms with Crippen LogP contribution < -0.4 is 0 Å². The number of aromatic nitrogens is 1. The van der Waals surface area contributed by atoms with Crippen molar-refractivity contribution >= 4 is 22.8 Å². The third-order valence-electron chi connectivity index (χ3n) is 5.54. The molecule has 34 heavy (non-hydrogen) atoms. The topological polar surface area (TPSA) is 83.3 Å². The lowest BCUT2D eigenvalue weighted by Gasteiger charge is -2.15. The van der Waals surface area contributed by atoms with E-state index in [1.54, 1.807) is 13.1 Å². The number of likely N-dealkylation sites (N-methyl/N-ethyl adjacent to an activating group) is 1. The first-order valence-electron chi connectivity index (χ1n) is 10.9. The van der Waals surface area contributed by atoms with E-state index in [-0.39, 0.29) is 18.9 Å². The number of carbonyl (C=O) groups excluding carboxylic acids is 2. The SMILES string of the molecule is CN(CCC#N)C(=O)COC(=O)c1cc(-c2ccc(-c3ccccc3)cc2)nc2ccccc12. The van der Waals surface area contributed by atoms with Crippen molar-refractivity contribution < 1.29 is 14.3 Å². The van der Waals surface area contributed by atoms with E-state index in [4.69, 9.17) is 15.0 Å². The van der Waals surface area contributed by atoms with E-state index in [1.807, 2.05) is 72.8 Å². The van der Waals surface area contributed by atoms with E-state index >= 15 is 0 Å². The number of rotatable bonds is 7. The zero-order valence-electron chi connectivity index (χ0n) is 18.8. The van der Waals surface area contributed by atoms with Crippen LogP contribution in [0.2, 0.25) is 0 Å². The summed E-state index contributed by atoms with van der Waals surface area (Å²) in [6, 6.07) is 29.1. The van der Waals surface area contributed by atoms with E-state index in [0.29, 0.717) is 22.2 Å². The van der Waals surface area contributed by atoms with E-state index in [2.05, 4.69) is 12.1 Å². The molecule has 0 N–H and O–H groups in total. The Kier molecular flexibility index (Phi) is 6.95. The highest BCUT2D eigenvalue weighted by atomic mass is 16.5. The summed E-state index contributed by atoms with van der Waals surface area (Å²) < 4.78 is 5.33. The summed E-state index contributed by atoms with van der Waals surface area (Å²) in [4.78, 5) is 31.3. The van der Waals surface area contributed by atoms with E-state index in [0.717, 1.165) is 16.7 Å². The number of hydrogen-bond acceptors (Lipinski definition) is 5. The van der Waals surface area contributed by atoms with Gasteiger partial charge in [-0.25, -0.2) is 9.78 Å². The van der Waals surface area contributed by atoms with Crippen molar-refractivity contribution in [1.82, 2.24) is 9.88 Å². The first-order valence-corrected chi connectivity index (χ1v) is 10.9. The maximum absolute atomic E-state index is 12.9. The lowest BCUT2D eigenvalue weighted by Crippen LogP contribution is -2.32. The van der Waals surface area contributed by atoms with Gasteiger partial charge in [0.1, 0.15) is 0 Å². The number of para-hydroxylation sites is 1. The highest BCUT2D eigenvalue weighted by molar-refractivity contribution is 6.05. The Bertz CT molecular complexity index is 1360. The molecule has 0 aliphatic carbocycles. The number of fused-ring (bicyclic) bond motifs is 1. The molecule has 1 aromatic heterocycles. The van der Waals surface area contributed by atoms with Gasteiger partial charge in [0.25, 0.3) is 5.91 Å². The first kappa shape index (κ1) is 22.7. The maximum atomic E-state index is 12.9. The van der Waals surface area contributed by atoms with Gasteiger partial charge in [-0.05, 0) is 23.3 Å². The molecule has 0 atom stereocenters. The minimum Gasteiger partial charge on any atom is -0.452 e. The number of amides is 1. The molecule has 0 saturated carbocycles. The van der Waals surface area contributed by atoms with Gasteiger partial charge in [-0.2, -0.15) is 5.26 Å². The minimum absolute atomic E-state index is 0.220. The standard InChI is InChI=1S/C28H23N3O3/c1-31(17-7-16-29)27(32)19-34-28(33)24-18-26(30-25-11-6-5-10-23(24)25)22-14-12-21(13-15-22)20-8-3-2-4-9-20/h2-6,8-15,18H,7,17,19H2,1H3. The second-order valence-corrected chi connectivity index (χ2v) is 7.82. The Morgan fingerprint density at radius 2 is 1.56 bits per heavy atom. The van der Waals surface area contributed by atoms with Crippen LogP contribution in [-0.4, -0.2) is 42.0 Å².